The fraction of sp³-hybridized carbons (Fsp3) is 0.714. The molecule has 2 rings (SSSR count). The molecule has 2 unspecified atom stereocenters. The molecule has 1 aliphatic rings. The van der Waals surface area contributed by atoms with Crippen molar-refractivity contribution in [2.75, 3.05) is 0 Å². The largest absolute Gasteiger partial charge is 0.299 e. The van der Waals surface area contributed by atoms with Gasteiger partial charge in [0.05, 0.1) is 6.20 Å². The Morgan fingerprint density at radius 1 is 1.53 bits per heavy atom. The van der Waals surface area contributed by atoms with Crippen LogP contribution < -0.4 is 0 Å². The summed E-state index contributed by atoms with van der Waals surface area (Å²) < 4.78 is 1.81. The lowest BCUT2D eigenvalue weighted by molar-refractivity contribution is -0.125. The van der Waals surface area contributed by atoms with Crippen LogP contribution in [0.25, 0.3) is 0 Å². The number of hydrogen-bond donors (Lipinski definition) is 0. The van der Waals surface area contributed by atoms with Crippen LogP contribution in [0.3, 0.4) is 0 Å². The van der Waals surface area contributed by atoms with Crippen molar-refractivity contribution in [3.8, 4) is 0 Å². The van der Waals surface area contributed by atoms with Crippen LogP contribution in [0, 0.1) is 17.8 Å². The van der Waals surface area contributed by atoms with E-state index in [4.69, 9.17) is 0 Å². The van der Waals surface area contributed by atoms with Crippen molar-refractivity contribution in [2.24, 2.45) is 24.8 Å². The number of hydrogen-bond acceptors (Lipinski definition) is 2. The van der Waals surface area contributed by atoms with Crippen LogP contribution in [-0.4, -0.2) is 15.6 Å². The van der Waals surface area contributed by atoms with Gasteiger partial charge in [-0.05, 0) is 36.7 Å². The molecule has 0 amide bonds. The maximum atomic E-state index is 11.9. The molecule has 0 N–H and O–H groups in total. The zero-order valence-corrected chi connectivity index (χ0v) is 11.0. The summed E-state index contributed by atoms with van der Waals surface area (Å²) in [5, 5.41) is 4.17. The minimum Gasteiger partial charge on any atom is -0.299 e. The predicted octanol–water partition coefficient (Wildman–Crippen LogP) is 2.60. The lowest BCUT2D eigenvalue weighted by Gasteiger charge is -2.30. The third kappa shape index (κ3) is 2.96. The second-order valence-corrected chi connectivity index (χ2v) is 5.67. The number of Topliss-reactive ketones (excluding diaryl/α,β-unsaturated/α-hetero) is 1. The van der Waals surface area contributed by atoms with Crippen molar-refractivity contribution in [3.63, 3.8) is 0 Å². The van der Waals surface area contributed by atoms with Crippen LogP contribution in [0.2, 0.25) is 0 Å². The zero-order chi connectivity index (χ0) is 12.4. The fourth-order valence-corrected chi connectivity index (χ4v) is 2.81. The van der Waals surface area contributed by atoms with Crippen LogP contribution in [-0.2, 0) is 18.3 Å². The Bertz CT molecular complexity index is 395. The second kappa shape index (κ2) is 5.03. The van der Waals surface area contributed by atoms with Gasteiger partial charge in [0, 0.05) is 25.6 Å². The molecule has 0 aromatic carbocycles. The van der Waals surface area contributed by atoms with Crippen molar-refractivity contribution >= 4 is 5.78 Å². The van der Waals surface area contributed by atoms with Crippen LogP contribution >= 0.6 is 0 Å². The van der Waals surface area contributed by atoms with Crippen LogP contribution in [0.1, 0.15) is 38.7 Å². The molecule has 94 valence electrons. The van der Waals surface area contributed by atoms with E-state index in [0.717, 1.165) is 31.6 Å². The Morgan fingerprint density at radius 2 is 2.29 bits per heavy atom. The summed E-state index contributed by atoms with van der Waals surface area (Å²) in [6.07, 6.45) is 7.69. The minimum absolute atomic E-state index is 0.223. The number of nitrogens with zero attached hydrogens (tertiary/aromatic N) is 2. The van der Waals surface area contributed by atoms with Crippen LogP contribution in [0.4, 0.5) is 0 Å². The van der Waals surface area contributed by atoms with Gasteiger partial charge in [0.15, 0.2) is 0 Å². The number of aryl methyl sites for hydroxylation is 1. The number of aromatic nitrogens is 2. The van der Waals surface area contributed by atoms with E-state index in [2.05, 4.69) is 18.9 Å². The third-order valence-corrected chi connectivity index (χ3v) is 3.99. The average Bonchev–Trinajstić information content (AvgIpc) is 2.67. The number of rotatable bonds is 3. The van der Waals surface area contributed by atoms with E-state index in [0.29, 0.717) is 11.7 Å². The predicted molar refractivity (Wildman–Crippen MR) is 67.6 cm³/mol. The van der Waals surface area contributed by atoms with Crippen molar-refractivity contribution in [2.45, 2.75) is 39.5 Å². The topological polar surface area (TPSA) is 34.9 Å². The Labute approximate surface area is 103 Å². The Morgan fingerprint density at radius 3 is 2.88 bits per heavy atom. The smallest absolute Gasteiger partial charge is 0.136 e. The van der Waals surface area contributed by atoms with E-state index < -0.39 is 0 Å². The van der Waals surface area contributed by atoms with Crippen molar-refractivity contribution in [1.82, 2.24) is 9.78 Å². The molecule has 0 saturated heterocycles. The standard InChI is InChI=1S/C14H22N2O/c1-10(2)12-4-5-14(17)13(7-12)6-11-8-15-16(3)9-11/h8-10,12-13H,4-7H2,1-3H3. The summed E-state index contributed by atoms with van der Waals surface area (Å²) in [5.41, 5.74) is 1.19. The zero-order valence-electron chi connectivity index (χ0n) is 11.0. The van der Waals surface area contributed by atoms with Gasteiger partial charge < -0.3 is 0 Å². The normalized spacial score (nSPS) is 25.5. The molecule has 0 radical (unpaired) electrons. The van der Waals surface area contributed by atoms with Gasteiger partial charge in [0.1, 0.15) is 5.78 Å². The van der Waals surface area contributed by atoms with Gasteiger partial charge in [0.2, 0.25) is 0 Å². The SMILES string of the molecule is CC(C)C1CCC(=O)C(Cc2cnn(C)c2)C1. The van der Waals surface area contributed by atoms with Gasteiger partial charge in [-0.25, -0.2) is 0 Å². The first kappa shape index (κ1) is 12.3. The molecule has 1 aromatic heterocycles. The molecular weight excluding hydrogens is 212 g/mol. The average molecular weight is 234 g/mol. The molecule has 1 saturated carbocycles. The van der Waals surface area contributed by atoms with E-state index in [1.807, 2.05) is 24.1 Å². The van der Waals surface area contributed by atoms with E-state index in [-0.39, 0.29) is 5.92 Å². The summed E-state index contributed by atoms with van der Waals surface area (Å²) in [4.78, 5) is 11.9. The molecule has 0 bridgehead atoms. The fourth-order valence-electron chi connectivity index (χ4n) is 2.81. The summed E-state index contributed by atoms with van der Waals surface area (Å²) in [7, 11) is 1.92. The highest BCUT2D eigenvalue weighted by molar-refractivity contribution is 5.82. The van der Waals surface area contributed by atoms with Crippen molar-refractivity contribution in [1.29, 1.82) is 0 Å². The summed E-state index contributed by atoms with van der Waals surface area (Å²) in [6, 6.07) is 0. The van der Waals surface area contributed by atoms with E-state index in [1.165, 1.54) is 5.56 Å². The molecule has 0 spiro atoms. The Balaban J connectivity index is 2.00. The van der Waals surface area contributed by atoms with Gasteiger partial charge in [-0.3, -0.25) is 9.48 Å². The molecule has 0 aliphatic heterocycles. The lowest BCUT2D eigenvalue weighted by Crippen LogP contribution is -2.28. The molecule has 1 heterocycles. The molecular formula is C14H22N2O. The third-order valence-electron chi connectivity index (χ3n) is 3.99. The van der Waals surface area contributed by atoms with Crippen molar-refractivity contribution < 1.29 is 4.79 Å². The monoisotopic (exact) mass is 234 g/mol. The maximum absolute atomic E-state index is 11.9. The van der Waals surface area contributed by atoms with Gasteiger partial charge in [-0.1, -0.05) is 13.8 Å². The quantitative estimate of drug-likeness (QED) is 0.805. The van der Waals surface area contributed by atoms with Crippen LogP contribution in [0.15, 0.2) is 12.4 Å². The highest BCUT2D eigenvalue weighted by Crippen LogP contribution is 2.33. The molecule has 1 aliphatic carbocycles. The van der Waals surface area contributed by atoms with Gasteiger partial charge >= 0.3 is 0 Å². The second-order valence-electron chi connectivity index (χ2n) is 5.67. The van der Waals surface area contributed by atoms with E-state index in [1.54, 1.807) is 0 Å². The van der Waals surface area contributed by atoms with E-state index in [9.17, 15) is 4.79 Å². The first-order chi connectivity index (χ1) is 8.06. The highest BCUT2D eigenvalue weighted by Gasteiger charge is 2.30. The Hall–Kier alpha value is -1.12. The molecule has 1 aromatic rings. The molecule has 17 heavy (non-hydrogen) atoms. The first-order valence-corrected chi connectivity index (χ1v) is 6.56. The van der Waals surface area contributed by atoms with Crippen LogP contribution in [0.5, 0.6) is 0 Å². The Kier molecular flexibility index (Phi) is 3.65. The highest BCUT2D eigenvalue weighted by atomic mass is 16.1. The minimum atomic E-state index is 0.223. The summed E-state index contributed by atoms with van der Waals surface area (Å²) in [5.74, 6) is 2.08. The number of carbonyl (C=O) groups excluding carboxylic acids is 1. The van der Waals surface area contributed by atoms with Gasteiger partial charge in [-0.2, -0.15) is 5.10 Å². The van der Waals surface area contributed by atoms with Crippen molar-refractivity contribution in [3.05, 3.63) is 18.0 Å². The van der Waals surface area contributed by atoms with Gasteiger partial charge in [0.25, 0.3) is 0 Å². The summed E-state index contributed by atoms with van der Waals surface area (Å²) in [6.45, 7) is 4.53. The number of ketones is 1. The molecule has 3 heteroatoms. The molecule has 1 fully saturated rings. The van der Waals surface area contributed by atoms with E-state index >= 15 is 0 Å². The lowest BCUT2D eigenvalue weighted by atomic mass is 9.74. The van der Waals surface area contributed by atoms with Gasteiger partial charge in [-0.15, -0.1) is 0 Å². The molecule has 3 nitrogen and oxygen atoms in total. The molecule has 2 atom stereocenters. The number of carbonyl (C=O) groups is 1. The maximum Gasteiger partial charge on any atom is 0.136 e. The summed E-state index contributed by atoms with van der Waals surface area (Å²) >= 11 is 0. The first-order valence-electron chi connectivity index (χ1n) is 6.56.